The van der Waals surface area contributed by atoms with E-state index in [2.05, 4.69) is 13.0 Å². The van der Waals surface area contributed by atoms with Crippen molar-refractivity contribution >= 4 is 5.78 Å². The number of benzene rings is 2. The largest absolute Gasteiger partial charge is 0.485 e. The minimum absolute atomic E-state index is 0.0113. The molecular weight excluding hydrogens is 260 g/mol. The van der Waals surface area contributed by atoms with Crippen LogP contribution < -0.4 is 4.74 Å². The molecule has 0 amide bonds. The van der Waals surface area contributed by atoms with Crippen molar-refractivity contribution in [1.82, 2.24) is 0 Å². The van der Waals surface area contributed by atoms with Crippen molar-refractivity contribution in [3.63, 3.8) is 0 Å². The first kappa shape index (κ1) is 15.3. The lowest BCUT2D eigenvalue weighted by molar-refractivity contribution is 0.0921. The van der Waals surface area contributed by atoms with Gasteiger partial charge in [-0.2, -0.15) is 0 Å². The zero-order valence-corrected chi connectivity index (χ0v) is 13.0. The van der Waals surface area contributed by atoms with Crippen molar-refractivity contribution in [2.45, 2.75) is 33.6 Å². The third-order valence-electron chi connectivity index (χ3n) is 3.38. The van der Waals surface area contributed by atoms with Crippen LogP contribution in [0.2, 0.25) is 0 Å². The van der Waals surface area contributed by atoms with Crippen LogP contribution in [0.1, 0.15) is 40.4 Å². The maximum atomic E-state index is 12.1. The molecule has 21 heavy (non-hydrogen) atoms. The minimum atomic E-state index is 0.0113. The molecule has 0 aliphatic rings. The number of rotatable bonds is 6. The lowest BCUT2D eigenvalue weighted by Crippen LogP contribution is -2.11. The van der Waals surface area contributed by atoms with E-state index in [-0.39, 0.29) is 12.4 Å². The SMILES string of the molecule is CCCc1ccc(C(=O)COc2cc(C)cc(C)c2)cc1. The summed E-state index contributed by atoms with van der Waals surface area (Å²) >= 11 is 0. The summed E-state index contributed by atoms with van der Waals surface area (Å²) in [6.07, 6.45) is 2.16. The zero-order valence-electron chi connectivity index (χ0n) is 13.0. The quantitative estimate of drug-likeness (QED) is 0.728. The fourth-order valence-electron chi connectivity index (χ4n) is 2.39. The topological polar surface area (TPSA) is 26.3 Å². The molecule has 0 bridgehead atoms. The summed E-state index contributed by atoms with van der Waals surface area (Å²) in [5.41, 5.74) is 4.26. The molecule has 0 spiro atoms. The van der Waals surface area contributed by atoms with E-state index in [1.165, 1.54) is 5.56 Å². The Morgan fingerprint density at radius 3 is 2.19 bits per heavy atom. The van der Waals surface area contributed by atoms with Crippen LogP contribution in [0.25, 0.3) is 0 Å². The first-order valence-electron chi connectivity index (χ1n) is 7.41. The molecule has 2 nitrogen and oxygen atoms in total. The molecule has 0 fully saturated rings. The fraction of sp³-hybridized carbons (Fsp3) is 0.316. The van der Waals surface area contributed by atoms with Gasteiger partial charge in [0.25, 0.3) is 0 Å². The average Bonchev–Trinajstić information content (AvgIpc) is 2.45. The Kier molecular flexibility index (Phi) is 5.15. The number of Topliss-reactive ketones (excluding diaryl/α,β-unsaturated/α-hetero) is 1. The van der Waals surface area contributed by atoms with E-state index in [1.54, 1.807) is 0 Å². The highest BCUT2D eigenvalue weighted by molar-refractivity contribution is 5.97. The van der Waals surface area contributed by atoms with Gasteiger partial charge in [0.15, 0.2) is 12.4 Å². The Hall–Kier alpha value is -2.09. The summed E-state index contributed by atoms with van der Waals surface area (Å²) < 4.78 is 5.61. The molecule has 0 N–H and O–H groups in total. The molecule has 0 saturated carbocycles. The van der Waals surface area contributed by atoms with Crippen molar-refractivity contribution in [2.75, 3.05) is 6.61 Å². The number of hydrogen-bond donors (Lipinski definition) is 0. The summed E-state index contributed by atoms with van der Waals surface area (Å²) in [5, 5.41) is 0. The molecule has 0 radical (unpaired) electrons. The summed E-state index contributed by atoms with van der Waals surface area (Å²) in [6, 6.07) is 13.8. The fourth-order valence-corrected chi connectivity index (χ4v) is 2.39. The van der Waals surface area contributed by atoms with Crippen molar-refractivity contribution in [2.24, 2.45) is 0 Å². The molecule has 0 heterocycles. The monoisotopic (exact) mass is 282 g/mol. The van der Waals surface area contributed by atoms with Gasteiger partial charge in [0, 0.05) is 5.56 Å². The van der Waals surface area contributed by atoms with Gasteiger partial charge in [-0.1, -0.05) is 43.7 Å². The number of ether oxygens (including phenoxy) is 1. The van der Waals surface area contributed by atoms with Crippen LogP contribution in [0, 0.1) is 13.8 Å². The van der Waals surface area contributed by atoms with E-state index in [0.717, 1.165) is 29.7 Å². The van der Waals surface area contributed by atoms with E-state index in [1.807, 2.05) is 50.2 Å². The van der Waals surface area contributed by atoms with Crippen molar-refractivity contribution in [3.8, 4) is 5.75 Å². The second-order valence-corrected chi connectivity index (χ2v) is 5.48. The minimum Gasteiger partial charge on any atom is -0.485 e. The number of carbonyl (C=O) groups excluding carboxylic acids is 1. The average molecular weight is 282 g/mol. The Morgan fingerprint density at radius 1 is 1.00 bits per heavy atom. The van der Waals surface area contributed by atoms with E-state index >= 15 is 0 Å². The maximum absolute atomic E-state index is 12.1. The molecule has 0 unspecified atom stereocenters. The predicted octanol–water partition coefficient (Wildman–Crippen LogP) is 4.52. The summed E-state index contributed by atoms with van der Waals surface area (Å²) in [7, 11) is 0. The van der Waals surface area contributed by atoms with Crippen LogP contribution in [0.3, 0.4) is 0 Å². The van der Waals surface area contributed by atoms with Crippen molar-refractivity contribution < 1.29 is 9.53 Å². The third kappa shape index (κ3) is 4.45. The second kappa shape index (κ2) is 7.07. The van der Waals surface area contributed by atoms with Gasteiger partial charge >= 0.3 is 0 Å². The number of ketones is 1. The Labute approximate surface area is 126 Å². The van der Waals surface area contributed by atoms with Crippen molar-refractivity contribution in [3.05, 3.63) is 64.7 Å². The summed E-state index contributed by atoms with van der Waals surface area (Å²) in [6.45, 7) is 6.27. The molecule has 0 aliphatic heterocycles. The van der Waals surface area contributed by atoms with Crippen LogP contribution in [0.5, 0.6) is 5.75 Å². The van der Waals surface area contributed by atoms with Gasteiger partial charge in [-0.3, -0.25) is 4.79 Å². The standard InChI is InChI=1S/C19H22O2/c1-4-5-16-6-8-17(9-7-16)19(20)13-21-18-11-14(2)10-15(3)12-18/h6-12H,4-5,13H2,1-3H3. The summed E-state index contributed by atoms with van der Waals surface area (Å²) in [4.78, 5) is 12.1. The predicted molar refractivity (Wildman–Crippen MR) is 86.2 cm³/mol. The highest BCUT2D eigenvalue weighted by Crippen LogP contribution is 2.16. The van der Waals surface area contributed by atoms with E-state index in [9.17, 15) is 4.79 Å². The summed E-state index contributed by atoms with van der Waals surface area (Å²) in [5.74, 6) is 0.765. The van der Waals surface area contributed by atoms with Gasteiger partial charge in [-0.05, 0) is 49.1 Å². The normalized spacial score (nSPS) is 10.4. The van der Waals surface area contributed by atoms with Crippen LogP contribution in [0.15, 0.2) is 42.5 Å². The van der Waals surface area contributed by atoms with Crippen molar-refractivity contribution in [1.29, 1.82) is 0 Å². The van der Waals surface area contributed by atoms with Crippen LogP contribution in [-0.4, -0.2) is 12.4 Å². The number of carbonyl (C=O) groups is 1. The molecule has 0 aromatic heterocycles. The smallest absolute Gasteiger partial charge is 0.200 e. The number of hydrogen-bond acceptors (Lipinski definition) is 2. The highest BCUT2D eigenvalue weighted by atomic mass is 16.5. The lowest BCUT2D eigenvalue weighted by Gasteiger charge is -2.08. The molecule has 0 atom stereocenters. The molecule has 2 aromatic rings. The van der Waals surface area contributed by atoms with Gasteiger partial charge < -0.3 is 4.74 Å². The molecule has 2 aromatic carbocycles. The number of aryl methyl sites for hydroxylation is 3. The third-order valence-corrected chi connectivity index (χ3v) is 3.38. The second-order valence-electron chi connectivity index (χ2n) is 5.48. The first-order chi connectivity index (χ1) is 10.1. The lowest BCUT2D eigenvalue weighted by atomic mass is 10.1. The molecular formula is C19H22O2. The van der Waals surface area contributed by atoms with E-state index in [4.69, 9.17) is 4.74 Å². The Bertz CT molecular complexity index is 592. The Balaban J connectivity index is 1.97. The van der Waals surface area contributed by atoms with Gasteiger partial charge in [-0.15, -0.1) is 0 Å². The van der Waals surface area contributed by atoms with Gasteiger partial charge in [0.05, 0.1) is 0 Å². The highest BCUT2D eigenvalue weighted by Gasteiger charge is 2.07. The zero-order chi connectivity index (χ0) is 15.2. The molecule has 0 aliphatic carbocycles. The van der Waals surface area contributed by atoms with Crippen LogP contribution >= 0.6 is 0 Å². The van der Waals surface area contributed by atoms with Gasteiger partial charge in [0.1, 0.15) is 5.75 Å². The van der Waals surface area contributed by atoms with Gasteiger partial charge in [0.2, 0.25) is 0 Å². The van der Waals surface area contributed by atoms with E-state index < -0.39 is 0 Å². The first-order valence-corrected chi connectivity index (χ1v) is 7.41. The van der Waals surface area contributed by atoms with Gasteiger partial charge in [-0.25, -0.2) is 0 Å². The van der Waals surface area contributed by atoms with Crippen LogP contribution in [-0.2, 0) is 6.42 Å². The molecule has 0 saturated heterocycles. The molecule has 2 rings (SSSR count). The molecule has 110 valence electrons. The molecule has 2 heteroatoms. The van der Waals surface area contributed by atoms with Crippen LogP contribution in [0.4, 0.5) is 0 Å². The maximum Gasteiger partial charge on any atom is 0.200 e. The Morgan fingerprint density at radius 2 is 1.62 bits per heavy atom. The van der Waals surface area contributed by atoms with E-state index in [0.29, 0.717) is 5.56 Å².